The molecule has 34 heavy (non-hydrogen) atoms. The van der Waals surface area contributed by atoms with E-state index in [1.807, 2.05) is 84.3 Å². The highest BCUT2D eigenvalue weighted by atomic mass is 16.2. The number of carbonyl (C=O) groups excluding carboxylic acids is 2. The van der Waals surface area contributed by atoms with E-state index in [1.165, 1.54) is 5.56 Å². The lowest BCUT2D eigenvalue weighted by Gasteiger charge is -2.43. The molecule has 1 atom stereocenters. The van der Waals surface area contributed by atoms with Gasteiger partial charge in [-0.05, 0) is 43.0 Å². The first-order valence-corrected chi connectivity index (χ1v) is 11.7. The second kappa shape index (κ2) is 9.14. The number of aromatic nitrogens is 2. The van der Waals surface area contributed by atoms with Crippen molar-refractivity contribution in [1.29, 1.82) is 0 Å². The molecule has 5 rings (SSSR count). The van der Waals surface area contributed by atoms with Crippen molar-refractivity contribution in [2.24, 2.45) is 0 Å². The number of hydrogen-bond donors (Lipinski definition) is 1. The lowest BCUT2D eigenvalue weighted by Crippen LogP contribution is -2.64. The highest BCUT2D eigenvalue weighted by Crippen LogP contribution is 2.31. The van der Waals surface area contributed by atoms with E-state index in [0.29, 0.717) is 25.5 Å². The van der Waals surface area contributed by atoms with Crippen molar-refractivity contribution in [2.45, 2.75) is 38.4 Å². The van der Waals surface area contributed by atoms with Gasteiger partial charge in [0.05, 0.1) is 17.6 Å². The molecule has 1 aliphatic heterocycles. The van der Waals surface area contributed by atoms with Crippen LogP contribution in [0.5, 0.6) is 0 Å². The van der Waals surface area contributed by atoms with Crippen LogP contribution in [0.4, 0.5) is 0 Å². The molecule has 1 unspecified atom stereocenters. The Morgan fingerprint density at radius 2 is 1.59 bits per heavy atom. The van der Waals surface area contributed by atoms with Gasteiger partial charge >= 0.3 is 0 Å². The van der Waals surface area contributed by atoms with Crippen molar-refractivity contribution < 1.29 is 9.59 Å². The maximum absolute atomic E-state index is 13.7. The quantitative estimate of drug-likeness (QED) is 0.457. The maximum atomic E-state index is 13.7. The first-order valence-electron chi connectivity index (χ1n) is 11.7. The predicted octanol–water partition coefficient (Wildman–Crippen LogP) is 4.20. The van der Waals surface area contributed by atoms with Gasteiger partial charge in [-0.2, -0.15) is 0 Å². The van der Waals surface area contributed by atoms with Gasteiger partial charge in [-0.3, -0.25) is 9.59 Å². The third kappa shape index (κ3) is 4.07. The molecule has 1 N–H and O–H groups in total. The molecule has 0 saturated heterocycles. The summed E-state index contributed by atoms with van der Waals surface area (Å²) in [5.74, 6) is 0.0370. The van der Waals surface area contributed by atoms with Crippen LogP contribution < -0.4 is 5.32 Å². The van der Waals surface area contributed by atoms with E-state index in [-0.39, 0.29) is 11.8 Å². The number of nitrogens with zero attached hydrogens (tertiary/aromatic N) is 3. The minimum Gasteiger partial charge on any atom is -0.350 e. The number of fused-ring (bicyclic) bond motifs is 3. The lowest BCUT2D eigenvalue weighted by molar-refractivity contribution is -0.133. The summed E-state index contributed by atoms with van der Waals surface area (Å²) in [5.41, 5.74) is 2.85. The standard InChI is InChI=1S/C28H28N4O2/c1-28(27(34)29-19-22-13-6-3-7-14-22)20-31-24-17-9-8-16-23(24)30-25(31)26(33)32(28)18-10-15-21-11-4-2-5-12-21/h2-9,11-14,16-17H,10,15,18-20H2,1H3,(H,29,34). The molecule has 0 aliphatic carbocycles. The van der Waals surface area contributed by atoms with Crippen LogP contribution in [0, 0.1) is 0 Å². The molecule has 0 fully saturated rings. The molecule has 0 bridgehead atoms. The minimum absolute atomic E-state index is 0.159. The largest absolute Gasteiger partial charge is 0.350 e. The van der Waals surface area contributed by atoms with Gasteiger partial charge < -0.3 is 14.8 Å². The van der Waals surface area contributed by atoms with E-state index in [4.69, 9.17) is 0 Å². The third-order valence-corrected chi connectivity index (χ3v) is 6.63. The van der Waals surface area contributed by atoms with E-state index in [0.717, 1.165) is 29.4 Å². The van der Waals surface area contributed by atoms with Crippen LogP contribution in [-0.2, 0) is 24.3 Å². The Labute approximate surface area is 199 Å². The molecule has 1 aromatic heterocycles. The topological polar surface area (TPSA) is 67.2 Å². The highest BCUT2D eigenvalue weighted by molar-refractivity contribution is 6.01. The summed E-state index contributed by atoms with van der Waals surface area (Å²) in [5, 5.41) is 3.07. The van der Waals surface area contributed by atoms with Crippen LogP contribution in [-0.4, -0.2) is 38.3 Å². The first-order chi connectivity index (χ1) is 16.6. The van der Waals surface area contributed by atoms with Crippen molar-refractivity contribution in [2.75, 3.05) is 6.54 Å². The number of carbonyl (C=O) groups is 2. The summed E-state index contributed by atoms with van der Waals surface area (Å²) in [6, 6.07) is 27.7. The normalized spacial score (nSPS) is 17.6. The highest BCUT2D eigenvalue weighted by Gasteiger charge is 2.48. The van der Waals surface area contributed by atoms with Crippen molar-refractivity contribution >= 4 is 22.8 Å². The van der Waals surface area contributed by atoms with Crippen LogP contribution in [0.15, 0.2) is 84.9 Å². The number of para-hydroxylation sites is 2. The van der Waals surface area contributed by atoms with Crippen LogP contribution in [0.3, 0.4) is 0 Å². The number of nitrogens with one attached hydrogen (secondary N) is 1. The molecule has 1 aliphatic rings. The van der Waals surface area contributed by atoms with Crippen molar-refractivity contribution in [3.8, 4) is 0 Å². The van der Waals surface area contributed by atoms with Gasteiger partial charge in [0.15, 0.2) is 5.82 Å². The Balaban J connectivity index is 1.43. The second-order valence-electron chi connectivity index (χ2n) is 9.00. The molecular formula is C28H28N4O2. The summed E-state index contributed by atoms with van der Waals surface area (Å²) >= 11 is 0. The Kier molecular flexibility index (Phi) is 5.88. The molecule has 2 amide bonds. The van der Waals surface area contributed by atoms with E-state index >= 15 is 0 Å². The molecule has 2 heterocycles. The zero-order valence-electron chi connectivity index (χ0n) is 19.3. The smallest absolute Gasteiger partial charge is 0.290 e. The predicted molar refractivity (Wildman–Crippen MR) is 132 cm³/mol. The molecule has 4 aromatic rings. The monoisotopic (exact) mass is 452 g/mol. The number of rotatable bonds is 7. The summed E-state index contributed by atoms with van der Waals surface area (Å²) < 4.78 is 1.90. The summed E-state index contributed by atoms with van der Waals surface area (Å²) in [6.07, 6.45) is 1.60. The second-order valence-corrected chi connectivity index (χ2v) is 9.00. The van der Waals surface area contributed by atoms with Crippen LogP contribution >= 0.6 is 0 Å². The average molecular weight is 453 g/mol. The van der Waals surface area contributed by atoms with Gasteiger partial charge in [0.25, 0.3) is 5.91 Å². The average Bonchev–Trinajstić information content (AvgIpc) is 3.24. The zero-order chi connectivity index (χ0) is 23.5. The van der Waals surface area contributed by atoms with Gasteiger partial charge in [0.1, 0.15) is 5.54 Å². The number of benzene rings is 3. The van der Waals surface area contributed by atoms with Crippen LogP contribution in [0.2, 0.25) is 0 Å². The molecule has 0 saturated carbocycles. The van der Waals surface area contributed by atoms with Gasteiger partial charge in [0, 0.05) is 13.1 Å². The Hall–Kier alpha value is -3.93. The van der Waals surface area contributed by atoms with Crippen molar-refractivity contribution in [3.05, 3.63) is 102 Å². The number of imidazole rings is 1. The van der Waals surface area contributed by atoms with E-state index in [2.05, 4.69) is 22.4 Å². The molecular weight excluding hydrogens is 424 g/mol. The van der Waals surface area contributed by atoms with Gasteiger partial charge in [-0.15, -0.1) is 0 Å². The third-order valence-electron chi connectivity index (χ3n) is 6.63. The Morgan fingerprint density at radius 3 is 2.32 bits per heavy atom. The molecule has 0 radical (unpaired) electrons. The maximum Gasteiger partial charge on any atom is 0.290 e. The van der Waals surface area contributed by atoms with E-state index in [1.54, 1.807) is 4.90 Å². The zero-order valence-corrected chi connectivity index (χ0v) is 19.3. The Bertz CT molecular complexity index is 1320. The lowest BCUT2D eigenvalue weighted by atomic mass is 9.94. The number of aryl methyl sites for hydroxylation is 1. The summed E-state index contributed by atoms with van der Waals surface area (Å²) in [4.78, 5) is 33.6. The summed E-state index contributed by atoms with van der Waals surface area (Å²) in [7, 11) is 0. The molecule has 172 valence electrons. The SMILES string of the molecule is CC1(C(=O)NCc2ccccc2)Cn2c(nc3ccccc32)C(=O)N1CCCc1ccccc1. The fourth-order valence-electron chi connectivity index (χ4n) is 4.73. The minimum atomic E-state index is -1.03. The van der Waals surface area contributed by atoms with Crippen molar-refractivity contribution in [3.63, 3.8) is 0 Å². The fourth-order valence-corrected chi connectivity index (χ4v) is 4.73. The van der Waals surface area contributed by atoms with Gasteiger partial charge in [-0.1, -0.05) is 72.8 Å². The Morgan fingerprint density at radius 1 is 0.941 bits per heavy atom. The van der Waals surface area contributed by atoms with Gasteiger partial charge in [-0.25, -0.2) is 4.98 Å². The molecule has 3 aromatic carbocycles. The van der Waals surface area contributed by atoms with E-state index < -0.39 is 5.54 Å². The number of hydrogen-bond acceptors (Lipinski definition) is 3. The number of amides is 2. The van der Waals surface area contributed by atoms with Gasteiger partial charge in [0.2, 0.25) is 5.91 Å². The molecule has 6 nitrogen and oxygen atoms in total. The van der Waals surface area contributed by atoms with Crippen molar-refractivity contribution in [1.82, 2.24) is 19.8 Å². The summed E-state index contributed by atoms with van der Waals surface area (Å²) in [6.45, 7) is 3.12. The van der Waals surface area contributed by atoms with Crippen LogP contribution in [0.25, 0.3) is 11.0 Å². The fraction of sp³-hybridized carbons (Fsp3) is 0.250. The molecule has 0 spiro atoms. The van der Waals surface area contributed by atoms with Crippen LogP contribution in [0.1, 0.15) is 35.1 Å². The van der Waals surface area contributed by atoms with E-state index in [9.17, 15) is 9.59 Å². The molecule has 6 heteroatoms. The first kappa shape index (κ1) is 21.9.